The van der Waals surface area contributed by atoms with E-state index < -0.39 is 0 Å². The van der Waals surface area contributed by atoms with Crippen molar-refractivity contribution >= 4 is 11.3 Å². The molecule has 0 aromatic carbocycles. The Morgan fingerprint density at radius 3 is 3.15 bits per heavy atom. The molecule has 0 saturated carbocycles. The normalized spacial score (nSPS) is 14.8. The molecule has 4 heteroatoms. The molecule has 0 spiro atoms. The minimum Gasteiger partial charge on any atom is -0.370 e. The minimum absolute atomic E-state index is 0.682. The van der Waals surface area contributed by atoms with Gasteiger partial charge in [0.2, 0.25) is 0 Å². The molecule has 2 rings (SSSR count). The zero-order chi connectivity index (χ0) is 9.26. The van der Waals surface area contributed by atoms with E-state index in [0.29, 0.717) is 18.0 Å². The molecule has 0 radical (unpaired) electrons. The van der Waals surface area contributed by atoms with Crippen molar-refractivity contribution in [3.8, 4) is 0 Å². The molecule has 1 aromatic rings. The van der Waals surface area contributed by atoms with Crippen LogP contribution in [0.4, 0.5) is 0 Å². The SMILES string of the molecule is CCCCn1c2c(sc1=N)COC2. The Bertz CT molecular complexity index is 353. The molecule has 72 valence electrons. The van der Waals surface area contributed by atoms with Crippen molar-refractivity contribution in [2.24, 2.45) is 0 Å². The number of hydrogen-bond acceptors (Lipinski definition) is 3. The quantitative estimate of drug-likeness (QED) is 0.791. The lowest BCUT2D eigenvalue weighted by Gasteiger charge is -2.04. The molecular weight excluding hydrogens is 184 g/mol. The van der Waals surface area contributed by atoms with E-state index in [0.717, 1.165) is 13.0 Å². The van der Waals surface area contributed by atoms with E-state index in [2.05, 4.69) is 11.5 Å². The van der Waals surface area contributed by atoms with Crippen LogP contribution in [-0.4, -0.2) is 4.57 Å². The highest BCUT2D eigenvalue weighted by Gasteiger charge is 2.18. The Balaban J connectivity index is 2.28. The predicted octanol–water partition coefficient (Wildman–Crippen LogP) is 1.86. The van der Waals surface area contributed by atoms with Gasteiger partial charge in [-0.05, 0) is 6.42 Å². The van der Waals surface area contributed by atoms with Crippen molar-refractivity contribution in [2.45, 2.75) is 39.5 Å². The van der Waals surface area contributed by atoms with Crippen LogP contribution in [0.25, 0.3) is 0 Å². The summed E-state index contributed by atoms with van der Waals surface area (Å²) in [6.45, 7) is 4.57. The third-order valence-electron chi connectivity index (χ3n) is 2.32. The summed E-state index contributed by atoms with van der Waals surface area (Å²) in [5, 5.41) is 7.77. The fourth-order valence-electron chi connectivity index (χ4n) is 1.57. The van der Waals surface area contributed by atoms with Crippen LogP contribution in [-0.2, 0) is 24.5 Å². The predicted molar refractivity (Wildman–Crippen MR) is 51.6 cm³/mol. The Morgan fingerprint density at radius 2 is 2.38 bits per heavy atom. The molecule has 0 bridgehead atoms. The number of nitrogens with one attached hydrogen (secondary N) is 1. The highest BCUT2D eigenvalue weighted by Crippen LogP contribution is 2.22. The molecule has 1 aliphatic heterocycles. The van der Waals surface area contributed by atoms with Crippen LogP contribution in [0.15, 0.2) is 0 Å². The van der Waals surface area contributed by atoms with Gasteiger partial charge in [0.15, 0.2) is 4.80 Å². The summed E-state index contributed by atoms with van der Waals surface area (Å²) in [7, 11) is 0. The molecule has 13 heavy (non-hydrogen) atoms. The Hall–Kier alpha value is -0.610. The fourth-order valence-corrected chi connectivity index (χ4v) is 2.54. The lowest BCUT2D eigenvalue weighted by molar-refractivity contribution is 0.131. The van der Waals surface area contributed by atoms with Crippen molar-refractivity contribution in [3.63, 3.8) is 0 Å². The van der Waals surface area contributed by atoms with Gasteiger partial charge in [0.1, 0.15) is 0 Å². The maximum Gasteiger partial charge on any atom is 0.182 e. The summed E-state index contributed by atoms with van der Waals surface area (Å²) in [4.78, 5) is 1.93. The van der Waals surface area contributed by atoms with Gasteiger partial charge < -0.3 is 9.30 Å². The van der Waals surface area contributed by atoms with Crippen molar-refractivity contribution in [3.05, 3.63) is 15.4 Å². The van der Waals surface area contributed by atoms with E-state index in [9.17, 15) is 0 Å². The molecule has 0 fully saturated rings. The van der Waals surface area contributed by atoms with Crippen LogP contribution in [0.5, 0.6) is 0 Å². The van der Waals surface area contributed by atoms with Crippen LogP contribution in [0.3, 0.4) is 0 Å². The van der Waals surface area contributed by atoms with Gasteiger partial charge in [0, 0.05) is 6.54 Å². The molecular formula is C9H14N2OS. The van der Waals surface area contributed by atoms with Crippen LogP contribution in [0.1, 0.15) is 30.3 Å². The second kappa shape index (κ2) is 3.64. The Kier molecular flexibility index (Phi) is 2.51. The third kappa shape index (κ3) is 1.56. The van der Waals surface area contributed by atoms with Gasteiger partial charge in [-0.25, -0.2) is 0 Å². The zero-order valence-corrected chi connectivity index (χ0v) is 8.62. The Morgan fingerprint density at radius 1 is 1.54 bits per heavy atom. The molecule has 2 heterocycles. The van der Waals surface area contributed by atoms with Crippen LogP contribution >= 0.6 is 11.3 Å². The van der Waals surface area contributed by atoms with Crippen molar-refractivity contribution in [1.82, 2.24) is 4.57 Å². The minimum atomic E-state index is 0.682. The van der Waals surface area contributed by atoms with Gasteiger partial charge in [0.25, 0.3) is 0 Å². The van der Waals surface area contributed by atoms with Crippen LogP contribution < -0.4 is 4.80 Å². The maximum absolute atomic E-state index is 7.77. The van der Waals surface area contributed by atoms with Gasteiger partial charge in [-0.3, -0.25) is 5.41 Å². The molecule has 3 nitrogen and oxygen atoms in total. The second-order valence-electron chi connectivity index (χ2n) is 3.28. The van der Waals surface area contributed by atoms with Crippen molar-refractivity contribution < 1.29 is 4.74 Å². The van der Waals surface area contributed by atoms with Crippen LogP contribution in [0.2, 0.25) is 0 Å². The first kappa shape index (κ1) is 8.97. The molecule has 0 saturated heterocycles. The van der Waals surface area contributed by atoms with Gasteiger partial charge in [-0.2, -0.15) is 0 Å². The number of fused-ring (bicyclic) bond motifs is 1. The lowest BCUT2D eigenvalue weighted by atomic mass is 10.3. The number of unbranched alkanes of at least 4 members (excludes halogenated alkanes) is 1. The number of thiazole rings is 1. The number of ether oxygens (including phenoxy) is 1. The third-order valence-corrected chi connectivity index (χ3v) is 3.33. The van der Waals surface area contributed by atoms with Crippen molar-refractivity contribution in [1.29, 1.82) is 5.41 Å². The maximum atomic E-state index is 7.77. The number of rotatable bonds is 3. The summed E-state index contributed by atoms with van der Waals surface area (Å²) >= 11 is 1.56. The highest BCUT2D eigenvalue weighted by molar-refractivity contribution is 7.09. The molecule has 0 amide bonds. The summed E-state index contributed by atoms with van der Waals surface area (Å²) in [6, 6.07) is 0. The van der Waals surface area contributed by atoms with Gasteiger partial charge in [0.05, 0.1) is 23.8 Å². The topological polar surface area (TPSA) is 38.0 Å². The standard InChI is InChI=1S/C9H14N2OS/c1-2-3-4-11-7-5-12-6-8(7)13-9(11)10/h10H,2-6H2,1H3. The summed E-state index contributed by atoms with van der Waals surface area (Å²) in [5.41, 5.74) is 1.24. The van der Waals surface area contributed by atoms with E-state index in [1.807, 2.05) is 0 Å². The van der Waals surface area contributed by atoms with E-state index in [-0.39, 0.29) is 0 Å². The first-order chi connectivity index (χ1) is 6.33. The monoisotopic (exact) mass is 198 g/mol. The molecule has 0 aliphatic carbocycles. The Labute approximate surface area is 81.5 Å². The van der Waals surface area contributed by atoms with Gasteiger partial charge >= 0.3 is 0 Å². The summed E-state index contributed by atoms with van der Waals surface area (Å²) in [6.07, 6.45) is 2.33. The number of aromatic nitrogens is 1. The van der Waals surface area contributed by atoms with E-state index in [1.54, 1.807) is 11.3 Å². The lowest BCUT2D eigenvalue weighted by Crippen LogP contribution is -2.15. The van der Waals surface area contributed by atoms with Crippen molar-refractivity contribution in [2.75, 3.05) is 0 Å². The fraction of sp³-hybridized carbons (Fsp3) is 0.667. The highest BCUT2D eigenvalue weighted by atomic mass is 32.1. The summed E-state index contributed by atoms with van der Waals surface area (Å²) < 4.78 is 7.43. The van der Waals surface area contributed by atoms with E-state index in [1.165, 1.54) is 17.0 Å². The molecule has 1 aliphatic rings. The molecule has 0 unspecified atom stereocenters. The average Bonchev–Trinajstić information content (AvgIpc) is 2.62. The van der Waals surface area contributed by atoms with Gasteiger partial charge in [-0.1, -0.05) is 24.7 Å². The average molecular weight is 198 g/mol. The van der Waals surface area contributed by atoms with Crippen LogP contribution in [0, 0.1) is 5.41 Å². The largest absolute Gasteiger partial charge is 0.370 e. The van der Waals surface area contributed by atoms with E-state index >= 15 is 0 Å². The zero-order valence-electron chi connectivity index (χ0n) is 7.80. The second-order valence-corrected chi connectivity index (χ2v) is 4.36. The summed E-state index contributed by atoms with van der Waals surface area (Å²) in [5.74, 6) is 0. The molecule has 1 aromatic heterocycles. The first-order valence-electron chi connectivity index (χ1n) is 4.66. The smallest absolute Gasteiger partial charge is 0.182 e. The van der Waals surface area contributed by atoms with Gasteiger partial charge in [-0.15, -0.1) is 0 Å². The van der Waals surface area contributed by atoms with E-state index in [4.69, 9.17) is 10.1 Å². The first-order valence-corrected chi connectivity index (χ1v) is 5.48. The number of hydrogen-bond donors (Lipinski definition) is 1. The molecule has 1 N–H and O–H groups in total. The number of nitrogens with zero attached hydrogens (tertiary/aromatic N) is 1. The molecule has 0 atom stereocenters.